The Morgan fingerprint density at radius 3 is 1.06 bits per heavy atom. The standard InChI is InChI=1S/C52H98N4O11/c1-14-15-16-17-18-19-20-21-22-23-24-25-26-27-28-32-43(57)53-33-30-29-31-42(48(62)63)56(36-34-54(38-44(58)64-49(2,3)4)39-45(59)65-50(5,6)7)37-35-55(40-46(60)66-51(8,9)10)41-47(61)67-52(11,12)13/h42H,14-41H2,1-13H3,(H,53,57)(H,62,63)/t42-/m0/s1. The Morgan fingerprint density at radius 2 is 0.761 bits per heavy atom. The smallest absolute Gasteiger partial charge is 0.320 e. The van der Waals surface area contributed by atoms with Crippen LogP contribution in [0.5, 0.6) is 0 Å². The van der Waals surface area contributed by atoms with Gasteiger partial charge in [0.05, 0.1) is 26.2 Å². The first-order valence-electron chi connectivity index (χ1n) is 25.6. The number of hydrogen-bond donors (Lipinski definition) is 2. The minimum Gasteiger partial charge on any atom is -0.480 e. The number of nitrogens with zero attached hydrogens (tertiary/aromatic N) is 3. The van der Waals surface area contributed by atoms with Gasteiger partial charge in [-0.05, 0) is 109 Å². The van der Waals surface area contributed by atoms with Crippen molar-refractivity contribution in [2.24, 2.45) is 0 Å². The van der Waals surface area contributed by atoms with Gasteiger partial charge >= 0.3 is 29.8 Å². The van der Waals surface area contributed by atoms with Gasteiger partial charge in [-0.1, -0.05) is 96.8 Å². The number of nitrogens with one attached hydrogen (secondary N) is 1. The number of ether oxygens (including phenoxy) is 4. The summed E-state index contributed by atoms with van der Waals surface area (Å²) in [7, 11) is 0. The van der Waals surface area contributed by atoms with E-state index < -0.39 is 58.3 Å². The Balaban J connectivity index is 5.71. The number of carbonyl (C=O) groups excluding carboxylic acids is 5. The fourth-order valence-electron chi connectivity index (χ4n) is 7.51. The average Bonchev–Trinajstić information content (AvgIpc) is 3.14. The van der Waals surface area contributed by atoms with Gasteiger partial charge in [0.1, 0.15) is 28.4 Å². The second-order valence-corrected chi connectivity index (χ2v) is 22.2. The second-order valence-electron chi connectivity index (χ2n) is 22.2. The van der Waals surface area contributed by atoms with Gasteiger partial charge in [0, 0.05) is 39.1 Å². The second kappa shape index (κ2) is 34.1. The molecule has 0 heterocycles. The van der Waals surface area contributed by atoms with Crippen LogP contribution in [-0.2, 0) is 47.7 Å². The SMILES string of the molecule is CCCCCCCCCCCCCCCCCC(=O)NCCCC[C@@H](C(=O)O)N(CCN(CC(=O)OC(C)(C)C)CC(=O)OC(C)(C)C)CCN(CC(=O)OC(C)(C)C)CC(=O)OC(C)(C)C. The number of amides is 1. The molecule has 15 nitrogen and oxygen atoms in total. The highest BCUT2D eigenvalue weighted by Crippen LogP contribution is 2.17. The maximum absolute atomic E-state index is 13.0. The van der Waals surface area contributed by atoms with Crippen molar-refractivity contribution in [3.8, 4) is 0 Å². The van der Waals surface area contributed by atoms with E-state index in [4.69, 9.17) is 18.9 Å². The van der Waals surface area contributed by atoms with Crippen molar-refractivity contribution in [3.63, 3.8) is 0 Å². The van der Waals surface area contributed by atoms with Crippen molar-refractivity contribution >= 4 is 35.8 Å². The van der Waals surface area contributed by atoms with E-state index in [1.165, 1.54) is 77.0 Å². The molecule has 1 atom stereocenters. The van der Waals surface area contributed by atoms with E-state index in [1.54, 1.807) is 97.8 Å². The van der Waals surface area contributed by atoms with Gasteiger partial charge in [0.2, 0.25) is 5.91 Å². The lowest BCUT2D eigenvalue weighted by Crippen LogP contribution is -2.50. The maximum atomic E-state index is 13.0. The molecule has 0 unspecified atom stereocenters. The van der Waals surface area contributed by atoms with E-state index in [0.717, 1.165) is 19.3 Å². The Morgan fingerprint density at radius 1 is 0.448 bits per heavy atom. The molecule has 0 fully saturated rings. The van der Waals surface area contributed by atoms with Crippen LogP contribution in [0.2, 0.25) is 0 Å². The fraction of sp³-hybridized carbons (Fsp3) is 0.885. The summed E-state index contributed by atoms with van der Waals surface area (Å²) in [6, 6.07) is -1.01. The first kappa shape index (κ1) is 63.7. The number of rotatable bonds is 37. The Bertz CT molecular complexity index is 1280. The van der Waals surface area contributed by atoms with E-state index in [1.807, 2.05) is 0 Å². The molecular weight excluding hydrogens is 857 g/mol. The third-order valence-electron chi connectivity index (χ3n) is 10.5. The van der Waals surface area contributed by atoms with Crippen molar-refractivity contribution in [3.05, 3.63) is 0 Å². The van der Waals surface area contributed by atoms with Crippen LogP contribution in [0.3, 0.4) is 0 Å². The van der Waals surface area contributed by atoms with Crippen LogP contribution in [-0.4, -0.2) is 143 Å². The van der Waals surface area contributed by atoms with E-state index in [0.29, 0.717) is 25.8 Å². The molecule has 0 radical (unpaired) electrons. The first-order valence-corrected chi connectivity index (χ1v) is 25.6. The summed E-state index contributed by atoms with van der Waals surface area (Å²) < 4.78 is 22.2. The van der Waals surface area contributed by atoms with E-state index in [-0.39, 0.29) is 64.7 Å². The molecule has 392 valence electrons. The molecule has 0 bridgehead atoms. The molecule has 0 aromatic heterocycles. The highest BCUT2D eigenvalue weighted by atomic mass is 16.6. The number of aliphatic carboxylic acids is 1. The average molecular weight is 955 g/mol. The maximum Gasteiger partial charge on any atom is 0.320 e. The van der Waals surface area contributed by atoms with Crippen molar-refractivity contribution in [1.29, 1.82) is 0 Å². The van der Waals surface area contributed by atoms with Crippen molar-refractivity contribution in [2.75, 3.05) is 58.9 Å². The van der Waals surface area contributed by atoms with Gasteiger partial charge in [0.15, 0.2) is 0 Å². The molecule has 1 amide bonds. The van der Waals surface area contributed by atoms with Gasteiger partial charge in [-0.15, -0.1) is 0 Å². The zero-order valence-electron chi connectivity index (χ0n) is 44.7. The van der Waals surface area contributed by atoms with Crippen LogP contribution in [0.15, 0.2) is 0 Å². The molecule has 0 spiro atoms. The first-order chi connectivity index (χ1) is 31.1. The molecule has 0 saturated heterocycles. The summed E-state index contributed by atoms with van der Waals surface area (Å²) in [6.07, 6.45) is 20.7. The highest BCUT2D eigenvalue weighted by molar-refractivity contribution is 5.77. The van der Waals surface area contributed by atoms with Crippen LogP contribution in [0.25, 0.3) is 0 Å². The summed E-state index contributed by atoms with van der Waals surface area (Å²) in [4.78, 5) is 82.6. The number of hydrogen-bond acceptors (Lipinski definition) is 13. The topological polar surface area (TPSA) is 181 Å². The quantitative estimate of drug-likeness (QED) is 0.0342. The molecule has 15 heteroatoms. The van der Waals surface area contributed by atoms with E-state index in [9.17, 15) is 33.9 Å². The van der Waals surface area contributed by atoms with Gasteiger partial charge in [-0.2, -0.15) is 0 Å². The molecule has 0 aromatic carbocycles. The van der Waals surface area contributed by atoms with Crippen molar-refractivity contribution < 1.29 is 52.8 Å². The molecule has 0 saturated carbocycles. The zero-order chi connectivity index (χ0) is 51.1. The number of carboxylic acids is 1. The normalized spacial score (nSPS) is 12.9. The predicted molar refractivity (Wildman–Crippen MR) is 266 cm³/mol. The molecular formula is C52H98N4O11. The zero-order valence-corrected chi connectivity index (χ0v) is 44.7. The van der Waals surface area contributed by atoms with Gasteiger partial charge in [-0.3, -0.25) is 43.5 Å². The fourth-order valence-corrected chi connectivity index (χ4v) is 7.51. The molecule has 0 aliphatic heterocycles. The summed E-state index contributed by atoms with van der Waals surface area (Å²) in [6.45, 7) is 23.0. The summed E-state index contributed by atoms with van der Waals surface area (Å²) in [5.74, 6) is -3.30. The number of esters is 4. The monoisotopic (exact) mass is 955 g/mol. The van der Waals surface area contributed by atoms with Crippen molar-refractivity contribution in [1.82, 2.24) is 20.0 Å². The summed E-state index contributed by atoms with van der Waals surface area (Å²) >= 11 is 0. The van der Waals surface area contributed by atoms with Crippen LogP contribution in [0.4, 0.5) is 0 Å². The third-order valence-corrected chi connectivity index (χ3v) is 10.5. The highest BCUT2D eigenvalue weighted by Gasteiger charge is 2.30. The number of carboxylic acid groups (broad SMARTS) is 1. The molecule has 0 aliphatic carbocycles. The Hall–Kier alpha value is -3.30. The number of unbranched alkanes of at least 4 members (excludes halogenated alkanes) is 15. The minimum absolute atomic E-state index is 0.00348. The van der Waals surface area contributed by atoms with E-state index >= 15 is 0 Å². The largest absolute Gasteiger partial charge is 0.480 e. The van der Waals surface area contributed by atoms with Gasteiger partial charge in [-0.25, -0.2) is 0 Å². The van der Waals surface area contributed by atoms with Crippen LogP contribution in [0, 0.1) is 0 Å². The predicted octanol–water partition coefficient (Wildman–Crippen LogP) is 9.26. The number of carbonyl (C=O) groups is 6. The molecule has 0 aliphatic rings. The Labute approximate surface area is 406 Å². The molecule has 0 aromatic rings. The molecule has 0 rings (SSSR count). The lowest BCUT2D eigenvalue weighted by Gasteiger charge is -2.34. The van der Waals surface area contributed by atoms with Crippen molar-refractivity contribution in [2.45, 2.75) is 240 Å². The lowest BCUT2D eigenvalue weighted by atomic mass is 10.0. The van der Waals surface area contributed by atoms with Crippen LogP contribution < -0.4 is 5.32 Å². The molecule has 2 N–H and O–H groups in total. The molecule has 67 heavy (non-hydrogen) atoms. The van der Waals surface area contributed by atoms with Crippen LogP contribution in [0.1, 0.15) is 212 Å². The van der Waals surface area contributed by atoms with E-state index in [2.05, 4.69) is 12.2 Å². The van der Waals surface area contributed by atoms with Gasteiger partial charge < -0.3 is 29.4 Å². The van der Waals surface area contributed by atoms with Crippen LogP contribution >= 0.6 is 0 Å². The third kappa shape index (κ3) is 40.3. The summed E-state index contributed by atoms with van der Waals surface area (Å²) in [5.41, 5.74) is -3.09. The van der Waals surface area contributed by atoms with Gasteiger partial charge in [0.25, 0.3) is 0 Å². The minimum atomic E-state index is -1.08. The Kier molecular flexibility index (Phi) is 32.4. The lowest BCUT2D eigenvalue weighted by molar-refractivity contribution is -0.162. The summed E-state index contributed by atoms with van der Waals surface area (Å²) in [5, 5.41) is 13.6.